The monoisotopic (exact) mass is 915 g/mol. The lowest BCUT2D eigenvalue weighted by molar-refractivity contribution is 0.415. The third-order valence-corrected chi connectivity index (χ3v) is 16.5. The number of rotatable bonds is 6. The highest BCUT2D eigenvalue weighted by Gasteiger charge is 2.33. The van der Waals surface area contributed by atoms with Crippen LogP contribution >= 0.6 is 11.3 Å². The zero-order valence-electron chi connectivity index (χ0n) is 39.2. The van der Waals surface area contributed by atoms with Crippen LogP contribution in [0.1, 0.15) is 44.0 Å². The molecule has 0 spiro atoms. The summed E-state index contributed by atoms with van der Waals surface area (Å²) in [6.07, 6.45) is 4.12. The highest BCUT2D eigenvalue weighted by molar-refractivity contribution is 7.26. The molecule has 0 bridgehead atoms. The molecule has 0 aliphatic carbocycles. The van der Waals surface area contributed by atoms with Gasteiger partial charge in [0.2, 0.25) is 0 Å². The Labute approximate surface area is 410 Å². The van der Waals surface area contributed by atoms with E-state index in [4.69, 9.17) is 4.99 Å². The number of fused-ring (bicyclic) bond motifs is 11. The Kier molecular flexibility index (Phi) is 9.54. The van der Waals surface area contributed by atoms with Crippen LogP contribution < -0.4 is 0 Å². The molecule has 0 fully saturated rings. The number of hydrogen-bond donors (Lipinski definition) is 0. The van der Waals surface area contributed by atoms with Gasteiger partial charge in [0, 0.05) is 70.5 Å². The molecule has 10 aromatic carbocycles. The maximum atomic E-state index is 6.32. The maximum absolute atomic E-state index is 6.32. The summed E-state index contributed by atoms with van der Waals surface area (Å²) in [5, 5.41) is 12.6. The lowest BCUT2D eigenvalue weighted by atomic mass is 9.82. The fourth-order valence-corrected chi connectivity index (χ4v) is 13.1. The van der Waals surface area contributed by atoms with Gasteiger partial charge < -0.3 is 9.13 Å². The zero-order valence-corrected chi connectivity index (χ0v) is 40.0. The molecular weight excluding hydrogens is 867 g/mol. The minimum atomic E-state index is -0.234. The van der Waals surface area contributed by atoms with Crippen molar-refractivity contribution in [2.45, 2.75) is 32.9 Å². The molecule has 1 aliphatic heterocycles. The van der Waals surface area contributed by atoms with E-state index in [2.05, 4.69) is 241 Å². The predicted octanol–water partition coefficient (Wildman–Crippen LogP) is 18.4. The van der Waals surface area contributed by atoms with Gasteiger partial charge in [-0.05, 0) is 111 Å². The van der Waals surface area contributed by atoms with Crippen molar-refractivity contribution in [1.29, 1.82) is 0 Å². The summed E-state index contributed by atoms with van der Waals surface area (Å²) in [5.41, 5.74) is 13.5. The molecule has 3 nitrogen and oxygen atoms in total. The molecule has 3 atom stereocenters. The van der Waals surface area contributed by atoms with E-state index in [0.717, 1.165) is 24.2 Å². The third-order valence-electron chi connectivity index (χ3n) is 15.3. The Morgan fingerprint density at radius 3 is 1.64 bits per heavy atom. The van der Waals surface area contributed by atoms with Crippen molar-refractivity contribution in [3.63, 3.8) is 0 Å². The number of nitrogens with zero attached hydrogens (tertiary/aromatic N) is 3. The molecule has 14 rings (SSSR count). The lowest BCUT2D eigenvalue weighted by Crippen LogP contribution is -2.25. The van der Waals surface area contributed by atoms with Crippen LogP contribution in [0, 0.1) is 11.8 Å². The van der Waals surface area contributed by atoms with Gasteiger partial charge in [-0.3, -0.25) is 4.99 Å². The van der Waals surface area contributed by atoms with Gasteiger partial charge in [-0.15, -0.1) is 11.3 Å². The summed E-state index contributed by atoms with van der Waals surface area (Å²) in [5.74, 6) is 0.191. The van der Waals surface area contributed by atoms with Crippen molar-refractivity contribution in [1.82, 2.24) is 9.13 Å². The number of allylic oxidation sites excluding steroid dienone is 1. The van der Waals surface area contributed by atoms with E-state index in [1.807, 2.05) is 11.3 Å². The Bertz CT molecular complexity index is 4130. The van der Waals surface area contributed by atoms with Crippen molar-refractivity contribution in [2.24, 2.45) is 16.8 Å². The SMILES string of the molecule is CCC1/C(c2ccc(-c3ccccc3)cc2)=C/CC(C)C(c2cc(-n3c4cc5ccccc5cc4c4cc5ccccc5cc43)cc3sc4ccccc4c23)=NC1n1c2ccccc2c2ccccc21. The van der Waals surface area contributed by atoms with Crippen LogP contribution in [-0.4, -0.2) is 14.8 Å². The van der Waals surface area contributed by atoms with Crippen LogP contribution in [0.15, 0.2) is 223 Å². The summed E-state index contributed by atoms with van der Waals surface area (Å²) < 4.78 is 7.69. The van der Waals surface area contributed by atoms with Crippen LogP contribution in [0.2, 0.25) is 0 Å². The number of thiophene rings is 1. The van der Waals surface area contributed by atoms with Crippen LogP contribution in [0.5, 0.6) is 0 Å². The molecule has 3 unspecified atom stereocenters. The minimum absolute atomic E-state index is 0.0843. The highest BCUT2D eigenvalue weighted by Crippen LogP contribution is 2.47. The fraction of sp³-hybridized carbons (Fsp3) is 0.106. The second kappa shape index (κ2) is 16.3. The Hall–Kier alpha value is -8.05. The van der Waals surface area contributed by atoms with E-state index in [1.54, 1.807) is 0 Å². The first-order valence-corrected chi connectivity index (χ1v) is 25.6. The summed E-state index contributed by atoms with van der Waals surface area (Å²) in [6.45, 7) is 4.77. The molecule has 0 radical (unpaired) electrons. The average molecular weight is 916 g/mol. The van der Waals surface area contributed by atoms with Crippen LogP contribution in [0.4, 0.5) is 0 Å². The first-order valence-electron chi connectivity index (χ1n) is 24.8. The molecule has 334 valence electrons. The lowest BCUT2D eigenvalue weighted by Gasteiger charge is -2.33. The molecule has 0 N–H and O–H groups in total. The highest BCUT2D eigenvalue weighted by atomic mass is 32.1. The van der Waals surface area contributed by atoms with E-state index in [0.29, 0.717) is 0 Å². The van der Waals surface area contributed by atoms with Gasteiger partial charge in [0.05, 0.1) is 22.1 Å². The molecule has 4 heterocycles. The van der Waals surface area contributed by atoms with Crippen molar-refractivity contribution < 1.29 is 0 Å². The molecule has 13 aromatic rings. The molecule has 70 heavy (non-hydrogen) atoms. The van der Waals surface area contributed by atoms with E-state index < -0.39 is 0 Å². The van der Waals surface area contributed by atoms with Crippen LogP contribution in [0.25, 0.3) is 108 Å². The van der Waals surface area contributed by atoms with Gasteiger partial charge in [-0.2, -0.15) is 0 Å². The Morgan fingerprint density at radius 1 is 0.486 bits per heavy atom. The molecule has 0 saturated heterocycles. The Morgan fingerprint density at radius 2 is 1.01 bits per heavy atom. The topological polar surface area (TPSA) is 22.2 Å². The largest absolute Gasteiger partial charge is 0.317 e. The third kappa shape index (κ3) is 6.43. The van der Waals surface area contributed by atoms with Gasteiger partial charge in [0.15, 0.2) is 0 Å². The number of hydrogen-bond acceptors (Lipinski definition) is 2. The fourth-order valence-electron chi connectivity index (χ4n) is 12.0. The first kappa shape index (κ1) is 41.0. The van der Waals surface area contributed by atoms with Gasteiger partial charge in [0.1, 0.15) is 6.17 Å². The zero-order chi connectivity index (χ0) is 46.5. The second-order valence-corrected chi connectivity index (χ2v) is 20.4. The van der Waals surface area contributed by atoms with Crippen molar-refractivity contribution in [2.75, 3.05) is 0 Å². The molecule has 0 amide bonds. The van der Waals surface area contributed by atoms with E-state index in [-0.39, 0.29) is 18.0 Å². The maximum Gasteiger partial charge on any atom is 0.132 e. The van der Waals surface area contributed by atoms with E-state index >= 15 is 0 Å². The van der Waals surface area contributed by atoms with Gasteiger partial charge >= 0.3 is 0 Å². The molecule has 3 aromatic heterocycles. The number of aliphatic imine (C=N–C) groups is 1. The van der Waals surface area contributed by atoms with Crippen LogP contribution in [-0.2, 0) is 0 Å². The number of aromatic nitrogens is 2. The molecule has 0 saturated carbocycles. The van der Waals surface area contributed by atoms with Crippen molar-refractivity contribution in [3.8, 4) is 16.8 Å². The molecule has 1 aliphatic rings. The minimum Gasteiger partial charge on any atom is -0.317 e. The summed E-state index contributed by atoms with van der Waals surface area (Å²) >= 11 is 1.90. The smallest absolute Gasteiger partial charge is 0.132 e. The average Bonchev–Trinajstić information content (AvgIpc) is 4.06. The van der Waals surface area contributed by atoms with E-state index in [1.165, 1.54) is 113 Å². The Balaban J connectivity index is 1.05. The van der Waals surface area contributed by atoms with E-state index in [9.17, 15) is 0 Å². The van der Waals surface area contributed by atoms with Crippen LogP contribution in [0.3, 0.4) is 0 Å². The summed E-state index contributed by atoms with van der Waals surface area (Å²) in [6, 6.07) is 79.1. The van der Waals surface area contributed by atoms with Crippen molar-refractivity contribution >= 4 is 108 Å². The number of benzene rings is 10. The predicted molar refractivity (Wildman–Crippen MR) is 301 cm³/mol. The van der Waals surface area contributed by atoms with Gasteiger partial charge in [-0.25, -0.2) is 0 Å². The summed E-state index contributed by atoms with van der Waals surface area (Å²) in [7, 11) is 0. The van der Waals surface area contributed by atoms with Crippen molar-refractivity contribution in [3.05, 3.63) is 230 Å². The second-order valence-electron chi connectivity index (χ2n) is 19.3. The first-order chi connectivity index (χ1) is 34.6. The standard InChI is InChI=1S/C66H49N3S/c1-3-50-51(44-32-30-43(31-33-44)42-17-5-4-6-18-42)34-29-41(2)65(67-66(50)69-58-26-14-11-23-52(58)53-24-12-15-27-59(53)69)57-39-49(40-63-64(57)54-25-13-16-28-62(54)70-63)68-60-37-47-21-9-7-19-45(47)35-55(60)56-36-46-20-8-10-22-48(46)38-61(56)68/h4-28,30-41,50,66H,3,29H2,1-2H3/b51-34+,67-65?. The molecule has 4 heteroatoms. The quantitative estimate of drug-likeness (QED) is 0.159. The van der Waals surface area contributed by atoms with Gasteiger partial charge in [-0.1, -0.05) is 178 Å². The molecular formula is C66H49N3S. The van der Waals surface area contributed by atoms with Gasteiger partial charge in [0.25, 0.3) is 0 Å². The normalized spacial score (nSPS) is 17.5. The number of para-hydroxylation sites is 2. The summed E-state index contributed by atoms with van der Waals surface area (Å²) in [4.78, 5) is 6.32.